The Morgan fingerprint density at radius 3 is 1.71 bits per heavy atom. The Balaban J connectivity index is 1.80. The molecular formula is C14H15NO2. The molecule has 0 saturated heterocycles. The summed E-state index contributed by atoms with van der Waals surface area (Å²) in [6.07, 6.45) is 15.9. The third-order valence-corrected chi connectivity index (χ3v) is 2.63. The largest absolute Gasteiger partial charge is 0.480 e. The van der Waals surface area contributed by atoms with Gasteiger partial charge < -0.3 is 5.11 Å². The van der Waals surface area contributed by atoms with Crippen LogP contribution in [0.5, 0.6) is 0 Å². The molecule has 0 amide bonds. The van der Waals surface area contributed by atoms with Crippen molar-refractivity contribution in [1.29, 1.82) is 0 Å². The monoisotopic (exact) mass is 229 g/mol. The molecule has 0 atom stereocenters. The van der Waals surface area contributed by atoms with Crippen LogP contribution < -0.4 is 0 Å². The molecule has 88 valence electrons. The van der Waals surface area contributed by atoms with Crippen LogP contribution in [0, 0.1) is 63.2 Å². The number of carboxylic acid groups (broad SMARTS) is 1. The van der Waals surface area contributed by atoms with E-state index in [1.807, 2.05) is 56.3 Å². The number of carboxylic acids is 1. The number of aliphatic carboxylic acids is 1. The van der Waals surface area contributed by atoms with E-state index < -0.39 is 5.97 Å². The number of carbonyl (C=O) groups is 1. The first-order valence-corrected chi connectivity index (χ1v) is 5.59. The van der Waals surface area contributed by atoms with Crippen LogP contribution in [0.1, 0.15) is 0 Å². The molecule has 3 nitrogen and oxygen atoms in total. The van der Waals surface area contributed by atoms with Crippen LogP contribution in [0.2, 0.25) is 0 Å². The van der Waals surface area contributed by atoms with Crippen molar-refractivity contribution in [2.75, 3.05) is 19.6 Å². The van der Waals surface area contributed by atoms with Crippen molar-refractivity contribution in [3.8, 4) is 0 Å². The molecule has 0 bridgehead atoms. The summed E-state index contributed by atoms with van der Waals surface area (Å²) in [7, 11) is 0. The average Bonchev–Trinajstić information content (AvgIpc) is 2.89. The zero-order valence-electron chi connectivity index (χ0n) is 9.54. The molecule has 0 unspecified atom stereocenters. The minimum Gasteiger partial charge on any atom is -0.480 e. The molecular weight excluding hydrogens is 214 g/mol. The summed E-state index contributed by atoms with van der Waals surface area (Å²) >= 11 is 0. The first-order valence-electron chi connectivity index (χ1n) is 5.59. The molecule has 0 aromatic carbocycles. The summed E-state index contributed by atoms with van der Waals surface area (Å²) in [4.78, 5) is 12.7. The van der Waals surface area contributed by atoms with Crippen LogP contribution >= 0.6 is 0 Å². The molecule has 0 aromatic rings. The van der Waals surface area contributed by atoms with E-state index in [2.05, 4.69) is 0 Å². The number of rotatable bonds is 6. The first kappa shape index (κ1) is 12.9. The number of hydrogen-bond acceptors (Lipinski definition) is 2. The van der Waals surface area contributed by atoms with E-state index in [4.69, 9.17) is 5.11 Å². The third-order valence-electron chi connectivity index (χ3n) is 2.63. The molecule has 2 aliphatic carbocycles. The molecule has 2 aliphatic rings. The van der Waals surface area contributed by atoms with Gasteiger partial charge in [-0.15, -0.1) is 0 Å². The quantitative estimate of drug-likeness (QED) is 0.743. The van der Waals surface area contributed by atoms with Gasteiger partial charge in [0.25, 0.3) is 0 Å². The molecule has 2 fully saturated rings. The van der Waals surface area contributed by atoms with Crippen LogP contribution in [0.3, 0.4) is 0 Å². The Labute approximate surface area is 104 Å². The molecule has 0 heterocycles. The van der Waals surface area contributed by atoms with Gasteiger partial charge in [0.2, 0.25) is 0 Å². The Bertz CT molecular complexity index is 225. The van der Waals surface area contributed by atoms with E-state index in [0.29, 0.717) is 13.1 Å². The molecule has 10 radical (unpaired) electrons. The van der Waals surface area contributed by atoms with Crippen molar-refractivity contribution in [3.05, 3.63) is 63.2 Å². The summed E-state index contributed by atoms with van der Waals surface area (Å²) in [5, 5.41) is 8.90. The lowest BCUT2D eigenvalue weighted by Gasteiger charge is -2.25. The van der Waals surface area contributed by atoms with Crippen LogP contribution in [-0.4, -0.2) is 35.6 Å². The van der Waals surface area contributed by atoms with Gasteiger partial charge in [-0.2, -0.15) is 0 Å². The van der Waals surface area contributed by atoms with E-state index in [9.17, 15) is 4.79 Å². The fourth-order valence-electron chi connectivity index (χ4n) is 1.91. The van der Waals surface area contributed by atoms with Crippen molar-refractivity contribution in [3.63, 3.8) is 0 Å². The topological polar surface area (TPSA) is 40.5 Å². The molecule has 0 aromatic heterocycles. The molecule has 2 saturated carbocycles. The Morgan fingerprint density at radius 2 is 1.35 bits per heavy atom. The lowest BCUT2D eigenvalue weighted by atomic mass is 10.0. The van der Waals surface area contributed by atoms with Crippen molar-refractivity contribution in [1.82, 2.24) is 4.90 Å². The van der Waals surface area contributed by atoms with Gasteiger partial charge in [-0.3, -0.25) is 9.69 Å². The highest BCUT2D eigenvalue weighted by Crippen LogP contribution is 2.27. The number of nitrogens with zero attached hydrogens (tertiary/aromatic N) is 1. The van der Waals surface area contributed by atoms with Crippen LogP contribution in [0.25, 0.3) is 0 Å². The molecule has 17 heavy (non-hydrogen) atoms. The maximum absolute atomic E-state index is 10.8. The summed E-state index contributed by atoms with van der Waals surface area (Å²) < 4.78 is 0. The molecule has 3 heteroatoms. The lowest BCUT2D eigenvalue weighted by molar-refractivity contribution is -0.138. The van der Waals surface area contributed by atoms with Crippen LogP contribution in [-0.2, 0) is 4.79 Å². The van der Waals surface area contributed by atoms with E-state index in [-0.39, 0.29) is 6.54 Å². The summed E-state index contributed by atoms with van der Waals surface area (Å²) in [6, 6.07) is 0. The summed E-state index contributed by atoms with van der Waals surface area (Å²) in [5.41, 5.74) is 0. The lowest BCUT2D eigenvalue weighted by Crippen LogP contribution is -2.36. The average molecular weight is 229 g/mol. The van der Waals surface area contributed by atoms with Gasteiger partial charge in [0.15, 0.2) is 0 Å². The van der Waals surface area contributed by atoms with Crippen LogP contribution in [0.15, 0.2) is 0 Å². The van der Waals surface area contributed by atoms with Gasteiger partial charge in [-0.25, -0.2) is 0 Å². The van der Waals surface area contributed by atoms with Crippen LogP contribution in [0.4, 0.5) is 0 Å². The second-order valence-electron chi connectivity index (χ2n) is 4.13. The van der Waals surface area contributed by atoms with Gasteiger partial charge in [0.05, 0.1) is 6.54 Å². The highest BCUT2D eigenvalue weighted by atomic mass is 16.4. The molecule has 0 spiro atoms. The van der Waals surface area contributed by atoms with E-state index in [0.717, 1.165) is 11.8 Å². The maximum Gasteiger partial charge on any atom is 0.317 e. The number of hydrogen-bond donors (Lipinski definition) is 1. The van der Waals surface area contributed by atoms with Crippen molar-refractivity contribution in [2.45, 2.75) is 0 Å². The predicted molar refractivity (Wildman–Crippen MR) is 65.0 cm³/mol. The smallest absolute Gasteiger partial charge is 0.317 e. The van der Waals surface area contributed by atoms with Gasteiger partial charge in [-0.1, -0.05) is 0 Å². The third kappa shape index (κ3) is 4.30. The van der Waals surface area contributed by atoms with E-state index >= 15 is 0 Å². The molecule has 0 aliphatic heterocycles. The Hall–Kier alpha value is -0.570. The second kappa shape index (κ2) is 6.39. The fraction of sp³-hybridized carbons (Fsp3) is 0.214. The van der Waals surface area contributed by atoms with Crippen molar-refractivity contribution < 1.29 is 9.90 Å². The minimum absolute atomic E-state index is 0.0658. The Kier molecular flexibility index (Phi) is 4.84. The molecule has 1 N–H and O–H groups in total. The molecule has 2 rings (SSSR count). The highest BCUT2D eigenvalue weighted by molar-refractivity contribution is 5.69. The van der Waals surface area contributed by atoms with Gasteiger partial charge >= 0.3 is 5.97 Å². The predicted octanol–water partition coefficient (Wildman–Crippen LogP) is 1.18. The zero-order valence-corrected chi connectivity index (χ0v) is 9.54. The van der Waals surface area contributed by atoms with Gasteiger partial charge in [-0.05, 0) is 63.2 Å². The second-order valence-corrected chi connectivity index (χ2v) is 4.13. The minimum atomic E-state index is -0.789. The van der Waals surface area contributed by atoms with E-state index in [1.54, 1.807) is 0 Å². The van der Waals surface area contributed by atoms with Crippen molar-refractivity contribution >= 4 is 5.97 Å². The standard InChI is InChI=1S/C14H15NO2/c16-14(17)11-15(9-12-5-1-2-6-12)10-13-7-3-4-8-13/h1-8H,9-11H2,(H,16,17). The summed E-state index contributed by atoms with van der Waals surface area (Å²) in [6.45, 7) is 1.41. The van der Waals surface area contributed by atoms with Gasteiger partial charge in [0, 0.05) is 13.1 Å². The fourth-order valence-corrected chi connectivity index (χ4v) is 1.91. The first-order chi connectivity index (χ1) is 8.24. The Morgan fingerprint density at radius 1 is 0.941 bits per heavy atom. The SMILES string of the molecule is O=C(O)CN(C[C]1[CH][CH][CH][CH]1)C[C]1[CH][CH][CH][CH]1. The zero-order chi connectivity index (χ0) is 12.1. The normalized spacial score (nSPS) is 22.6. The maximum atomic E-state index is 10.8. The summed E-state index contributed by atoms with van der Waals surface area (Å²) in [5.74, 6) is 1.51. The van der Waals surface area contributed by atoms with Crippen molar-refractivity contribution in [2.24, 2.45) is 0 Å². The van der Waals surface area contributed by atoms with Gasteiger partial charge in [0.1, 0.15) is 0 Å². The highest BCUT2D eigenvalue weighted by Gasteiger charge is 2.25. The van der Waals surface area contributed by atoms with E-state index in [1.165, 1.54) is 0 Å².